The van der Waals surface area contributed by atoms with E-state index in [-0.39, 0.29) is 11.8 Å². The summed E-state index contributed by atoms with van der Waals surface area (Å²) in [5.74, 6) is 1.38. The summed E-state index contributed by atoms with van der Waals surface area (Å²) in [6, 6.07) is 12.0. The Labute approximate surface area is 190 Å². The molecule has 0 radical (unpaired) electrons. The molecule has 2 atom stereocenters. The molecule has 0 spiro atoms. The number of likely N-dealkylation sites (tertiary alicyclic amines) is 1. The van der Waals surface area contributed by atoms with Crippen LogP contribution in [0.25, 0.3) is 0 Å². The Kier molecular flexibility index (Phi) is 8.09. The van der Waals surface area contributed by atoms with Crippen molar-refractivity contribution in [1.29, 1.82) is 0 Å². The fraction of sp³-hybridized carbons (Fsp3) is 0.520. The number of carbonyl (C=O) groups excluding carboxylic acids is 1. The lowest BCUT2D eigenvalue weighted by atomic mass is 9.87. The summed E-state index contributed by atoms with van der Waals surface area (Å²) in [6.07, 6.45) is 4.59. The van der Waals surface area contributed by atoms with Gasteiger partial charge >= 0.3 is 0 Å². The maximum absolute atomic E-state index is 13.2. The molecular formula is C25H34N4O3. The van der Waals surface area contributed by atoms with Crippen LogP contribution >= 0.6 is 0 Å². The highest BCUT2D eigenvalue weighted by Crippen LogP contribution is 2.25. The van der Waals surface area contributed by atoms with E-state index in [4.69, 9.17) is 9.47 Å². The van der Waals surface area contributed by atoms with Crippen molar-refractivity contribution < 1.29 is 14.3 Å². The van der Waals surface area contributed by atoms with E-state index in [2.05, 4.69) is 32.2 Å². The van der Waals surface area contributed by atoms with Crippen LogP contribution < -0.4 is 10.1 Å². The van der Waals surface area contributed by atoms with Gasteiger partial charge in [0.05, 0.1) is 26.2 Å². The molecular weight excluding hydrogens is 404 g/mol. The van der Waals surface area contributed by atoms with Crippen LogP contribution in [0.15, 0.2) is 48.8 Å². The molecule has 7 heteroatoms. The number of piperidine rings is 1. The number of methoxy groups -OCH3 is 1. The fourth-order valence-corrected chi connectivity index (χ4v) is 4.83. The molecule has 1 aromatic heterocycles. The van der Waals surface area contributed by atoms with Gasteiger partial charge in [0, 0.05) is 63.8 Å². The van der Waals surface area contributed by atoms with Gasteiger partial charge in [0.1, 0.15) is 5.75 Å². The Morgan fingerprint density at radius 3 is 2.69 bits per heavy atom. The van der Waals surface area contributed by atoms with Gasteiger partial charge in [-0.2, -0.15) is 0 Å². The Morgan fingerprint density at radius 2 is 1.91 bits per heavy atom. The molecule has 2 aromatic rings. The first kappa shape index (κ1) is 22.7. The lowest BCUT2D eigenvalue weighted by Crippen LogP contribution is -2.49. The third kappa shape index (κ3) is 6.28. The molecule has 172 valence electrons. The van der Waals surface area contributed by atoms with E-state index in [9.17, 15) is 4.79 Å². The van der Waals surface area contributed by atoms with Crippen molar-refractivity contribution in [2.75, 3.05) is 53.0 Å². The van der Waals surface area contributed by atoms with Gasteiger partial charge in [-0.25, -0.2) is 0 Å². The predicted molar refractivity (Wildman–Crippen MR) is 123 cm³/mol. The number of carbonyl (C=O) groups is 1. The molecule has 0 saturated carbocycles. The predicted octanol–water partition coefficient (Wildman–Crippen LogP) is 2.18. The van der Waals surface area contributed by atoms with E-state index in [1.165, 1.54) is 5.56 Å². The molecule has 32 heavy (non-hydrogen) atoms. The number of nitrogens with one attached hydrogen (secondary N) is 1. The first-order chi connectivity index (χ1) is 15.7. The van der Waals surface area contributed by atoms with Crippen LogP contribution in [0.5, 0.6) is 5.75 Å². The fourth-order valence-electron chi connectivity index (χ4n) is 4.83. The number of morpholine rings is 1. The first-order valence-electron chi connectivity index (χ1n) is 11.5. The smallest absolute Gasteiger partial charge is 0.224 e. The number of pyridine rings is 1. The molecule has 7 nitrogen and oxygen atoms in total. The van der Waals surface area contributed by atoms with E-state index < -0.39 is 0 Å². The minimum atomic E-state index is -0.0219. The topological polar surface area (TPSA) is 66.9 Å². The normalized spacial score (nSPS) is 22.4. The Hall–Kier alpha value is -2.48. The molecule has 4 rings (SSSR count). The van der Waals surface area contributed by atoms with E-state index in [0.29, 0.717) is 12.5 Å². The van der Waals surface area contributed by atoms with Crippen molar-refractivity contribution in [1.82, 2.24) is 20.1 Å². The summed E-state index contributed by atoms with van der Waals surface area (Å²) < 4.78 is 10.9. The highest BCUT2D eigenvalue weighted by molar-refractivity contribution is 5.79. The number of rotatable bonds is 8. The lowest BCUT2D eigenvalue weighted by molar-refractivity contribution is -0.128. The molecule has 0 unspecified atom stereocenters. The molecule has 1 aromatic carbocycles. The van der Waals surface area contributed by atoms with Gasteiger partial charge in [0.2, 0.25) is 5.91 Å². The second-order valence-corrected chi connectivity index (χ2v) is 8.79. The molecule has 0 aliphatic carbocycles. The molecule has 1 N–H and O–H groups in total. The summed E-state index contributed by atoms with van der Waals surface area (Å²) in [6.45, 7) is 7.70. The highest BCUT2D eigenvalue weighted by Gasteiger charge is 2.32. The van der Waals surface area contributed by atoms with Gasteiger partial charge in [0.25, 0.3) is 0 Å². The number of hydrogen-bond donors (Lipinski definition) is 1. The van der Waals surface area contributed by atoms with Crippen molar-refractivity contribution in [3.8, 4) is 5.75 Å². The largest absolute Gasteiger partial charge is 0.496 e. The quantitative estimate of drug-likeness (QED) is 0.682. The van der Waals surface area contributed by atoms with E-state index in [0.717, 1.165) is 70.2 Å². The number of ether oxygens (including phenoxy) is 2. The zero-order valence-electron chi connectivity index (χ0n) is 18.9. The standard InChI is InChI=1S/C25H34N4O3/c1-31-24-5-3-2-4-22(24)15-27-25(30)23-14-21(17-28-10-12-32-13-11-28)18-29(19-23)16-20-6-8-26-9-7-20/h2-9,21,23H,10-19H2,1H3,(H,27,30)/t21-,23-/m1/s1. The van der Waals surface area contributed by atoms with E-state index in [1.807, 2.05) is 36.7 Å². The summed E-state index contributed by atoms with van der Waals surface area (Å²) in [5.41, 5.74) is 2.23. The Balaban J connectivity index is 1.40. The van der Waals surface area contributed by atoms with Gasteiger partial charge < -0.3 is 14.8 Å². The van der Waals surface area contributed by atoms with Crippen LogP contribution in [0.1, 0.15) is 17.5 Å². The zero-order chi connectivity index (χ0) is 22.2. The van der Waals surface area contributed by atoms with Crippen LogP contribution in [0.2, 0.25) is 0 Å². The van der Waals surface area contributed by atoms with Crippen molar-refractivity contribution in [3.63, 3.8) is 0 Å². The summed E-state index contributed by atoms with van der Waals surface area (Å²) in [5, 5.41) is 3.16. The molecule has 2 aliphatic heterocycles. The van der Waals surface area contributed by atoms with Crippen LogP contribution in [0, 0.1) is 11.8 Å². The molecule has 2 fully saturated rings. The van der Waals surface area contributed by atoms with Crippen LogP contribution in [0.4, 0.5) is 0 Å². The molecule has 2 aliphatic rings. The van der Waals surface area contributed by atoms with Crippen LogP contribution in [0.3, 0.4) is 0 Å². The molecule has 0 bridgehead atoms. The van der Waals surface area contributed by atoms with Crippen molar-refractivity contribution in [3.05, 3.63) is 59.9 Å². The Morgan fingerprint density at radius 1 is 1.12 bits per heavy atom. The Bertz CT molecular complexity index is 857. The van der Waals surface area contributed by atoms with Gasteiger partial charge in [-0.1, -0.05) is 18.2 Å². The minimum Gasteiger partial charge on any atom is -0.496 e. The molecule has 2 saturated heterocycles. The lowest BCUT2D eigenvalue weighted by Gasteiger charge is -2.40. The second kappa shape index (κ2) is 11.4. The van der Waals surface area contributed by atoms with E-state index in [1.54, 1.807) is 7.11 Å². The van der Waals surface area contributed by atoms with Crippen molar-refractivity contribution >= 4 is 5.91 Å². The van der Waals surface area contributed by atoms with Gasteiger partial charge in [-0.3, -0.25) is 19.6 Å². The average molecular weight is 439 g/mol. The number of benzene rings is 1. The van der Waals surface area contributed by atoms with E-state index >= 15 is 0 Å². The minimum absolute atomic E-state index is 0.0219. The maximum Gasteiger partial charge on any atom is 0.224 e. The first-order valence-corrected chi connectivity index (χ1v) is 11.5. The zero-order valence-corrected chi connectivity index (χ0v) is 18.9. The highest BCUT2D eigenvalue weighted by atomic mass is 16.5. The number of amides is 1. The molecule has 1 amide bonds. The molecule has 3 heterocycles. The van der Waals surface area contributed by atoms with Crippen molar-refractivity contribution in [2.45, 2.75) is 19.5 Å². The number of aromatic nitrogens is 1. The van der Waals surface area contributed by atoms with Crippen LogP contribution in [-0.4, -0.2) is 73.7 Å². The van der Waals surface area contributed by atoms with Gasteiger partial charge in [0.15, 0.2) is 0 Å². The summed E-state index contributed by atoms with van der Waals surface area (Å²) >= 11 is 0. The third-order valence-corrected chi connectivity index (χ3v) is 6.40. The SMILES string of the molecule is COc1ccccc1CNC(=O)[C@@H]1C[C@H](CN2CCOCC2)CN(Cc2ccncc2)C1. The van der Waals surface area contributed by atoms with Gasteiger partial charge in [-0.05, 0) is 36.1 Å². The number of nitrogens with zero attached hydrogens (tertiary/aromatic N) is 3. The summed E-state index contributed by atoms with van der Waals surface area (Å²) in [4.78, 5) is 22.2. The number of para-hydroxylation sites is 1. The number of hydrogen-bond acceptors (Lipinski definition) is 6. The van der Waals surface area contributed by atoms with Crippen LogP contribution in [-0.2, 0) is 22.6 Å². The maximum atomic E-state index is 13.2. The third-order valence-electron chi connectivity index (χ3n) is 6.40. The second-order valence-electron chi connectivity index (χ2n) is 8.79. The summed E-state index contributed by atoms with van der Waals surface area (Å²) in [7, 11) is 1.66. The van der Waals surface area contributed by atoms with Crippen molar-refractivity contribution in [2.24, 2.45) is 11.8 Å². The average Bonchev–Trinajstić information content (AvgIpc) is 2.84. The van der Waals surface area contributed by atoms with Gasteiger partial charge in [-0.15, -0.1) is 0 Å². The monoisotopic (exact) mass is 438 g/mol.